The molecule has 0 aromatic heterocycles. The third kappa shape index (κ3) is 4.14. The number of rotatable bonds is 2. The summed E-state index contributed by atoms with van der Waals surface area (Å²) in [5.41, 5.74) is 0.265. The molecule has 0 amide bonds. The molecule has 0 radical (unpaired) electrons. The van der Waals surface area contributed by atoms with E-state index >= 15 is 0 Å². The van der Waals surface area contributed by atoms with Gasteiger partial charge in [-0.2, -0.15) is 13.2 Å². The van der Waals surface area contributed by atoms with Crippen LogP contribution in [0.2, 0.25) is 0 Å². The Labute approximate surface area is 126 Å². The Morgan fingerprint density at radius 3 is 1.61 bits per heavy atom. The molecule has 102 valence electrons. The summed E-state index contributed by atoms with van der Waals surface area (Å²) in [6.07, 6.45) is -4.94. The Balaban J connectivity index is 2.89. The van der Waals surface area contributed by atoms with E-state index < -0.39 is 14.5 Å². The van der Waals surface area contributed by atoms with Gasteiger partial charge in [0.2, 0.25) is 3.79 Å². The minimum absolute atomic E-state index is 0.213. The molecule has 0 N–H and O–H groups in total. The first-order chi connectivity index (χ1) is 7.93. The van der Waals surface area contributed by atoms with Gasteiger partial charge in [-0.15, -0.1) is 0 Å². The van der Waals surface area contributed by atoms with Crippen molar-refractivity contribution >= 4 is 58.0 Å². The number of halogens is 8. The van der Waals surface area contributed by atoms with Gasteiger partial charge in [0.05, 0.1) is 0 Å². The molecule has 0 fully saturated rings. The Kier molecular flexibility index (Phi) is 4.83. The van der Waals surface area contributed by atoms with Gasteiger partial charge in [0.25, 0.3) is 0 Å². The summed E-state index contributed by atoms with van der Waals surface area (Å²) in [6, 6.07) is 4.87. The topological polar surface area (TPSA) is 9.23 Å². The molecule has 0 aliphatic heterocycles. The molecule has 0 heterocycles. The minimum Gasteiger partial charge on any atom is -0.451 e. The van der Waals surface area contributed by atoms with Crippen LogP contribution < -0.4 is 4.74 Å². The first-order valence-electron chi connectivity index (χ1n) is 4.24. The fraction of sp³-hybridized carbons (Fsp3) is 0.333. The quantitative estimate of drug-likeness (QED) is 0.624. The Morgan fingerprint density at radius 1 is 0.833 bits per heavy atom. The molecule has 0 saturated heterocycles. The van der Waals surface area contributed by atoms with Gasteiger partial charge in [0.15, 0.2) is 0 Å². The fourth-order valence-corrected chi connectivity index (χ4v) is 1.47. The van der Waals surface area contributed by atoms with Gasteiger partial charge in [0.1, 0.15) is 5.75 Å². The van der Waals surface area contributed by atoms with Gasteiger partial charge < -0.3 is 4.74 Å². The molecular weight excluding hydrogens is 358 g/mol. The van der Waals surface area contributed by atoms with Crippen molar-refractivity contribution in [2.75, 3.05) is 0 Å². The van der Waals surface area contributed by atoms with Crippen molar-refractivity contribution in [3.63, 3.8) is 0 Å². The molecule has 1 rings (SSSR count). The van der Waals surface area contributed by atoms with Crippen molar-refractivity contribution < 1.29 is 17.9 Å². The van der Waals surface area contributed by atoms with Crippen molar-refractivity contribution in [2.24, 2.45) is 0 Å². The van der Waals surface area contributed by atoms with E-state index in [-0.39, 0.29) is 11.3 Å². The summed E-state index contributed by atoms with van der Waals surface area (Å²) in [7, 11) is 0. The molecule has 0 bridgehead atoms. The van der Waals surface area contributed by atoms with E-state index in [1.54, 1.807) is 0 Å². The smallest absolute Gasteiger partial charge is 0.451 e. The van der Waals surface area contributed by atoms with Crippen LogP contribution in [0.1, 0.15) is 5.56 Å². The second-order valence-electron chi connectivity index (χ2n) is 3.14. The van der Waals surface area contributed by atoms with Crippen molar-refractivity contribution in [3.05, 3.63) is 29.8 Å². The van der Waals surface area contributed by atoms with Crippen LogP contribution in [0.3, 0.4) is 0 Å². The van der Waals surface area contributed by atoms with Gasteiger partial charge in [0, 0.05) is 5.56 Å². The van der Waals surface area contributed by atoms with Crippen molar-refractivity contribution in [2.45, 2.75) is 14.5 Å². The standard InChI is InChI=1S/C9H4Cl5F3O/c10-7(11,12)5-1-3-6(4-2-5)18-8(13,14)9(15,16)17/h1-4H. The van der Waals surface area contributed by atoms with E-state index in [2.05, 4.69) is 4.74 Å². The van der Waals surface area contributed by atoms with Crippen LogP contribution in [0, 0.1) is 0 Å². The van der Waals surface area contributed by atoms with Crippen LogP contribution in [0.25, 0.3) is 0 Å². The lowest BCUT2D eigenvalue weighted by Gasteiger charge is -2.24. The predicted molar refractivity (Wildman–Crippen MR) is 66.8 cm³/mol. The third-order valence-electron chi connectivity index (χ3n) is 1.76. The molecule has 0 aliphatic rings. The summed E-state index contributed by atoms with van der Waals surface area (Å²) >= 11 is 26.8. The normalized spacial score (nSPS) is 13.6. The zero-order valence-corrected chi connectivity index (χ0v) is 12.0. The summed E-state index contributed by atoms with van der Waals surface area (Å²) in [5, 5.41) is 0. The second kappa shape index (κ2) is 5.33. The molecule has 1 aromatic rings. The van der Waals surface area contributed by atoms with Gasteiger partial charge in [-0.05, 0) is 35.3 Å². The fourth-order valence-electron chi connectivity index (χ4n) is 0.918. The number of alkyl halides is 8. The van der Waals surface area contributed by atoms with E-state index in [1.165, 1.54) is 12.1 Å². The highest BCUT2D eigenvalue weighted by molar-refractivity contribution is 6.66. The lowest BCUT2D eigenvalue weighted by atomic mass is 10.2. The first kappa shape index (κ1) is 16.3. The Hall–Kier alpha value is 0.260. The Morgan fingerprint density at radius 2 is 1.28 bits per heavy atom. The largest absolute Gasteiger partial charge is 0.459 e. The molecule has 18 heavy (non-hydrogen) atoms. The number of hydrogen-bond acceptors (Lipinski definition) is 1. The molecular formula is C9H4Cl5F3O. The summed E-state index contributed by atoms with van der Waals surface area (Å²) < 4.78 is 36.4. The van der Waals surface area contributed by atoms with Crippen LogP contribution in [0.15, 0.2) is 24.3 Å². The maximum atomic E-state index is 12.3. The van der Waals surface area contributed by atoms with E-state index in [4.69, 9.17) is 58.0 Å². The average molecular weight is 362 g/mol. The molecule has 1 nitrogen and oxygen atoms in total. The highest BCUT2D eigenvalue weighted by atomic mass is 35.6. The van der Waals surface area contributed by atoms with Gasteiger partial charge >= 0.3 is 10.7 Å². The zero-order valence-electron chi connectivity index (χ0n) is 8.24. The molecule has 0 saturated carbocycles. The Bertz CT molecular complexity index is 410. The van der Waals surface area contributed by atoms with Crippen LogP contribution in [0.4, 0.5) is 13.2 Å². The molecule has 0 aliphatic carbocycles. The lowest BCUT2D eigenvalue weighted by molar-refractivity contribution is -0.185. The van der Waals surface area contributed by atoms with Crippen molar-refractivity contribution in [1.29, 1.82) is 0 Å². The summed E-state index contributed by atoms with van der Waals surface area (Å²) in [4.78, 5) is 0. The van der Waals surface area contributed by atoms with Crippen LogP contribution in [0.5, 0.6) is 5.75 Å². The van der Waals surface area contributed by atoms with E-state index in [9.17, 15) is 13.2 Å². The number of benzene rings is 1. The SMILES string of the molecule is FC(F)(F)C(Cl)(Cl)Oc1ccc(C(Cl)(Cl)Cl)cc1. The number of hydrogen-bond donors (Lipinski definition) is 0. The molecule has 0 unspecified atom stereocenters. The summed E-state index contributed by atoms with van der Waals surface area (Å²) in [6.45, 7) is 0. The van der Waals surface area contributed by atoms with Crippen LogP contribution in [-0.4, -0.2) is 10.7 Å². The lowest BCUT2D eigenvalue weighted by Crippen LogP contribution is -2.39. The third-order valence-corrected chi connectivity index (χ3v) is 3.00. The first-order valence-corrected chi connectivity index (χ1v) is 6.13. The highest BCUT2D eigenvalue weighted by Crippen LogP contribution is 2.42. The molecule has 1 aromatic carbocycles. The average Bonchev–Trinajstić information content (AvgIpc) is 2.14. The van der Waals surface area contributed by atoms with Crippen molar-refractivity contribution in [1.82, 2.24) is 0 Å². The van der Waals surface area contributed by atoms with Gasteiger partial charge in [-0.1, -0.05) is 46.9 Å². The van der Waals surface area contributed by atoms with Gasteiger partial charge in [-0.3, -0.25) is 0 Å². The minimum atomic E-state index is -4.94. The molecule has 0 atom stereocenters. The zero-order chi connectivity index (χ0) is 14.2. The monoisotopic (exact) mass is 360 g/mol. The summed E-state index contributed by atoms with van der Waals surface area (Å²) in [5.74, 6) is -0.213. The molecule has 0 spiro atoms. The maximum absolute atomic E-state index is 12.3. The van der Waals surface area contributed by atoms with E-state index in [0.717, 1.165) is 12.1 Å². The predicted octanol–water partition coefficient (Wildman–Crippen LogP) is 5.59. The highest BCUT2D eigenvalue weighted by Gasteiger charge is 2.55. The maximum Gasteiger partial charge on any atom is 0.459 e. The number of ether oxygens (including phenoxy) is 1. The van der Waals surface area contributed by atoms with Crippen LogP contribution in [-0.2, 0) is 3.79 Å². The van der Waals surface area contributed by atoms with E-state index in [1.807, 2.05) is 0 Å². The second-order valence-corrected chi connectivity index (χ2v) is 6.68. The van der Waals surface area contributed by atoms with Gasteiger partial charge in [-0.25, -0.2) is 0 Å². The van der Waals surface area contributed by atoms with E-state index in [0.29, 0.717) is 0 Å². The van der Waals surface area contributed by atoms with Crippen molar-refractivity contribution in [3.8, 4) is 5.75 Å². The molecule has 9 heteroatoms. The van der Waals surface area contributed by atoms with Crippen LogP contribution >= 0.6 is 58.0 Å².